The number of benzene rings is 3. The fourth-order valence-electron chi connectivity index (χ4n) is 3.59. The molecular weight excluding hydrogens is 350 g/mol. The van der Waals surface area contributed by atoms with E-state index in [4.69, 9.17) is 4.99 Å². The summed E-state index contributed by atoms with van der Waals surface area (Å²) in [6.07, 6.45) is 5.98. The fraction of sp³-hybridized carbons (Fsp3) is 0.250. The van der Waals surface area contributed by atoms with E-state index in [2.05, 4.69) is 92.4 Å². The van der Waals surface area contributed by atoms with E-state index in [0.717, 1.165) is 23.3 Å². The summed E-state index contributed by atoms with van der Waals surface area (Å²) < 4.78 is 0. The Morgan fingerprint density at radius 2 is 1.24 bits per heavy atom. The van der Waals surface area contributed by atoms with Crippen molar-refractivity contribution >= 4 is 5.71 Å². The number of hydrogen-bond donors (Lipinski definition) is 0. The molecular formula is C28H31N. The summed E-state index contributed by atoms with van der Waals surface area (Å²) in [6.45, 7) is 6.71. The molecule has 0 saturated carbocycles. The third kappa shape index (κ3) is 6.02. The average molecular weight is 382 g/mol. The van der Waals surface area contributed by atoms with Gasteiger partial charge in [0.2, 0.25) is 0 Å². The summed E-state index contributed by atoms with van der Waals surface area (Å²) in [5.41, 5.74) is 5.70. The zero-order chi connectivity index (χ0) is 20.3. The quantitative estimate of drug-likeness (QED) is 0.193. The van der Waals surface area contributed by atoms with Crippen molar-refractivity contribution in [1.82, 2.24) is 0 Å². The minimum absolute atomic E-state index is 0.0340. The maximum Gasteiger partial charge on any atom is 0.0964 e. The Labute approximate surface area is 175 Å². The molecule has 0 aliphatic heterocycles. The number of unbranched alkanes of at least 4 members (excludes halogenated alkanes) is 3. The van der Waals surface area contributed by atoms with Crippen molar-refractivity contribution < 1.29 is 0 Å². The second kappa shape index (κ2) is 11.2. The van der Waals surface area contributed by atoms with E-state index in [9.17, 15) is 0 Å². The van der Waals surface area contributed by atoms with Gasteiger partial charge in [-0.1, -0.05) is 124 Å². The lowest BCUT2D eigenvalue weighted by atomic mass is 9.94. The van der Waals surface area contributed by atoms with Gasteiger partial charge in [-0.2, -0.15) is 0 Å². The minimum Gasteiger partial charge on any atom is -0.272 e. The Kier molecular flexibility index (Phi) is 8.01. The molecule has 0 amide bonds. The molecule has 0 heterocycles. The number of rotatable bonds is 10. The van der Waals surface area contributed by atoms with Gasteiger partial charge >= 0.3 is 0 Å². The topological polar surface area (TPSA) is 12.4 Å². The molecule has 29 heavy (non-hydrogen) atoms. The van der Waals surface area contributed by atoms with E-state index in [1.54, 1.807) is 0 Å². The van der Waals surface area contributed by atoms with Gasteiger partial charge in [-0.15, -0.1) is 0 Å². The first-order valence-electron chi connectivity index (χ1n) is 10.7. The number of nitrogens with zero attached hydrogens (tertiary/aromatic N) is 1. The van der Waals surface area contributed by atoms with Crippen LogP contribution in [-0.2, 0) is 0 Å². The van der Waals surface area contributed by atoms with Crippen molar-refractivity contribution in [2.45, 2.75) is 45.1 Å². The van der Waals surface area contributed by atoms with E-state index in [-0.39, 0.29) is 6.04 Å². The predicted octanol–water partition coefficient (Wildman–Crippen LogP) is 7.79. The van der Waals surface area contributed by atoms with Crippen LogP contribution in [0.2, 0.25) is 0 Å². The Bertz CT molecular complexity index is 853. The molecule has 0 aliphatic carbocycles. The first kappa shape index (κ1) is 20.8. The lowest BCUT2D eigenvalue weighted by Crippen LogP contribution is -2.09. The molecule has 0 fully saturated rings. The molecule has 0 spiro atoms. The molecule has 3 rings (SSSR count). The average Bonchev–Trinajstić information content (AvgIpc) is 2.79. The lowest BCUT2D eigenvalue weighted by molar-refractivity contribution is 0.643. The molecule has 3 aromatic rings. The zero-order valence-electron chi connectivity index (χ0n) is 17.4. The van der Waals surface area contributed by atoms with Crippen molar-refractivity contribution in [3.05, 3.63) is 120 Å². The van der Waals surface area contributed by atoms with Crippen LogP contribution < -0.4 is 0 Å². The van der Waals surface area contributed by atoms with Crippen LogP contribution in [0.3, 0.4) is 0 Å². The molecule has 0 aromatic heterocycles. The van der Waals surface area contributed by atoms with Crippen LogP contribution in [0.25, 0.3) is 0 Å². The van der Waals surface area contributed by atoms with Gasteiger partial charge < -0.3 is 0 Å². The molecule has 0 bridgehead atoms. The Balaban J connectivity index is 1.99. The van der Waals surface area contributed by atoms with Crippen LogP contribution in [0.15, 0.2) is 108 Å². The van der Waals surface area contributed by atoms with Crippen LogP contribution >= 0.6 is 0 Å². The molecule has 0 aliphatic rings. The van der Waals surface area contributed by atoms with Crippen LogP contribution in [0.1, 0.15) is 61.8 Å². The van der Waals surface area contributed by atoms with Crippen molar-refractivity contribution in [3.63, 3.8) is 0 Å². The van der Waals surface area contributed by atoms with Crippen LogP contribution in [-0.4, -0.2) is 5.71 Å². The van der Waals surface area contributed by atoms with Gasteiger partial charge in [0, 0.05) is 11.1 Å². The summed E-state index contributed by atoms with van der Waals surface area (Å²) in [5.74, 6) is 0. The maximum absolute atomic E-state index is 5.30. The highest BCUT2D eigenvalue weighted by Crippen LogP contribution is 2.30. The highest BCUT2D eigenvalue weighted by atomic mass is 14.8. The SMILES string of the molecule is C=C(CCCCCC)C(N=C(c1ccccc1)c1ccccc1)c1ccccc1. The highest BCUT2D eigenvalue weighted by Gasteiger charge is 2.17. The van der Waals surface area contributed by atoms with Crippen LogP contribution in [0, 0.1) is 0 Å². The number of hydrogen-bond acceptors (Lipinski definition) is 1. The standard InChI is InChI=1S/C28H31N/c1-3-4-5-9-16-23(2)27(24-17-10-6-11-18-24)29-28(25-19-12-7-13-20-25)26-21-14-8-15-22-26/h6-8,10-15,17-22,27H,2-5,9,16H2,1H3. The Hall–Kier alpha value is -2.93. The first-order chi connectivity index (χ1) is 14.3. The zero-order valence-corrected chi connectivity index (χ0v) is 17.4. The van der Waals surface area contributed by atoms with Gasteiger partial charge in [-0.25, -0.2) is 0 Å². The first-order valence-corrected chi connectivity index (χ1v) is 10.7. The summed E-state index contributed by atoms with van der Waals surface area (Å²) in [6, 6.07) is 31.5. The van der Waals surface area contributed by atoms with Gasteiger partial charge in [0.25, 0.3) is 0 Å². The summed E-state index contributed by atoms with van der Waals surface area (Å²) in [4.78, 5) is 5.30. The van der Waals surface area contributed by atoms with Crippen molar-refractivity contribution in [2.75, 3.05) is 0 Å². The largest absolute Gasteiger partial charge is 0.272 e. The molecule has 0 radical (unpaired) electrons. The summed E-state index contributed by atoms with van der Waals surface area (Å²) in [7, 11) is 0. The molecule has 0 saturated heterocycles. The third-order valence-electron chi connectivity index (χ3n) is 5.21. The van der Waals surface area contributed by atoms with Crippen molar-refractivity contribution in [2.24, 2.45) is 4.99 Å². The monoisotopic (exact) mass is 381 g/mol. The minimum atomic E-state index is -0.0340. The van der Waals surface area contributed by atoms with E-state index >= 15 is 0 Å². The molecule has 1 unspecified atom stereocenters. The van der Waals surface area contributed by atoms with E-state index in [1.807, 2.05) is 12.1 Å². The molecule has 1 nitrogen and oxygen atoms in total. The van der Waals surface area contributed by atoms with Gasteiger partial charge in [0.1, 0.15) is 0 Å². The van der Waals surface area contributed by atoms with Gasteiger partial charge in [0.15, 0.2) is 0 Å². The van der Waals surface area contributed by atoms with Gasteiger partial charge in [-0.3, -0.25) is 4.99 Å². The van der Waals surface area contributed by atoms with Crippen LogP contribution in [0.4, 0.5) is 0 Å². The molecule has 0 N–H and O–H groups in total. The Morgan fingerprint density at radius 1 is 0.724 bits per heavy atom. The fourth-order valence-corrected chi connectivity index (χ4v) is 3.59. The summed E-state index contributed by atoms with van der Waals surface area (Å²) in [5, 5.41) is 0. The normalized spacial score (nSPS) is 11.6. The van der Waals surface area contributed by atoms with Crippen molar-refractivity contribution in [3.8, 4) is 0 Å². The van der Waals surface area contributed by atoms with Gasteiger partial charge in [-0.05, 0) is 24.0 Å². The Morgan fingerprint density at radius 3 is 1.76 bits per heavy atom. The van der Waals surface area contributed by atoms with Gasteiger partial charge in [0.05, 0.1) is 11.8 Å². The smallest absolute Gasteiger partial charge is 0.0964 e. The van der Waals surface area contributed by atoms with E-state index in [0.29, 0.717) is 0 Å². The lowest BCUT2D eigenvalue weighted by Gasteiger charge is -2.19. The van der Waals surface area contributed by atoms with E-state index in [1.165, 1.54) is 36.8 Å². The molecule has 1 atom stereocenters. The highest BCUT2D eigenvalue weighted by molar-refractivity contribution is 6.13. The molecule has 1 heteroatoms. The van der Waals surface area contributed by atoms with Crippen molar-refractivity contribution in [1.29, 1.82) is 0 Å². The molecule has 3 aromatic carbocycles. The predicted molar refractivity (Wildman–Crippen MR) is 126 cm³/mol. The van der Waals surface area contributed by atoms with Crippen LogP contribution in [0.5, 0.6) is 0 Å². The molecule has 148 valence electrons. The second-order valence-corrected chi connectivity index (χ2v) is 7.49. The van der Waals surface area contributed by atoms with E-state index < -0.39 is 0 Å². The maximum atomic E-state index is 5.30. The summed E-state index contributed by atoms with van der Waals surface area (Å²) >= 11 is 0. The number of aliphatic imine (C=N–C) groups is 1. The second-order valence-electron chi connectivity index (χ2n) is 7.49. The third-order valence-corrected chi connectivity index (χ3v) is 5.21.